The topological polar surface area (TPSA) is 33.2 Å². The Morgan fingerprint density at radius 1 is 1.23 bits per heavy atom. The lowest BCUT2D eigenvalue weighted by Crippen LogP contribution is -2.47. The third kappa shape index (κ3) is 2.89. The predicted octanol–water partition coefficient (Wildman–Crippen LogP) is 3.47. The van der Waals surface area contributed by atoms with Crippen molar-refractivity contribution >= 4 is 5.91 Å². The SMILES string of the molecule is Cc1cnccc1CN1C[C@@](C)(c2ccccc2)CCC1=O. The average Bonchev–Trinajstić information content (AvgIpc) is 2.54. The molecular weight excluding hydrogens is 272 g/mol. The maximum atomic E-state index is 12.3. The maximum Gasteiger partial charge on any atom is 0.222 e. The number of amides is 1. The van der Waals surface area contributed by atoms with Gasteiger partial charge >= 0.3 is 0 Å². The summed E-state index contributed by atoms with van der Waals surface area (Å²) in [5, 5.41) is 0. The van der Waals surface area contributed by atoms with Crippen LogP contribution in [0, 0.1) is 6.92 Å². The summed E-state index contributed by atoms with van der Waals surface area (Å²) in [7, 11) is 0. The lowest BCUT2D eigenvalue weighted by molar-refractivity contribution is -0.136. The number of hydrogen-bond acceptors (Lipinski definition) is 2. The van der Waals surface area contributed by atoms with Gasteiger partial charge in [0.15, 0.2) is 0 Å². The number of carbonyl (C=O) groups is 1. The van der Waals surface area contributed by atoms with Gasteiger partial charge in [0.1, 0.15) is 0 Å². The molecule has 0 unspecified atom stereocenters. The summed E-state index contributed by atoms with van der Waals surface area (Å²) in [6.45, 7) is 5.77. The number of likely N-dealkylation sites (tertiary alicyclic amines) is 1. The van der Waals surface area contributed by atoms with Crippen molar-refractivity contribution in [2.24, 2.45) is 0 Å². The molecule has 1 aliphatic rings. The maximum absolute atomic E-state index is 12.3. The number of hydrogen-bond donors (Lipinski definition) is 0. The minimum Gasteiger partial charge on any atom is -0.337 e. The molecule has 0 N–H and O–H groups in total. The molecule has 0 aliphatic carbocycles. The van der Waals surface area contributed by atoms with Gasteiger partial charge in [-0.1, -0.05) is 37.3 Å². The lowest BCUT2D eigenvalue weighted by atomic mass is 9.75. The van der Waals surface area contributed by atoms with E-state index >= 15 is 0 Å². The van der Waals surface area contributed by atoms with E-state index in [4.69, 9.17) is 0 Å². The number of piperidine rings is 1. The Morgan fingerprint density at radius 2 is 2.00 bits per heavy atom. The first-order valence-corrected chi connectivity index (χ1v) is 7.81. The van der Waals surface area contributed by atoms with Crippen LogP contribution in [0.4, 0.5) is 0 Å². The number of nitrogens with zero attached hydrogens (tertiary/aromatic N) is 2. The molecule has 1 amide bonds. The van der Waals surface area contributed by atoms with Gasteiger partial charge in [-0.05, 0) is 36.1 Å². The summed E-state index contributed by atoms with van der Waals surface area (Å²) < 4.78 is 0. The summed E-state index contributed by atoms with van der Waals surface area (Å²) in [6, 6.07) is 12.6. The molecule has 0 radical (unpaired) electrons. The van der Waals surface area contributed by atoms with E-state index in [0.29, 0.717) is 13.0 Å². The van der Waals surface area contributed by atoms with E-state index in [1.807, 2.05) is 30.2 Å². The molecule has 0 bridgehead atoms. The molecule has 2 heterocycles. The Balaban J connectivity index is 1.83. The van der Waals surface area contributed by atoms with Crippen LogP contribution in [0.15, 0.2) is 48.8 Å². The molecule has 3 nitrogen and oxygen atoms in total. The number of aromatic nitrogens is 1. The highest BCUT2D eigenvalue weighted by Crippen LogP contribution is 2.34. The second-order valence-electron chi connectivity index (χ2n) is 6.48. The second-order valence-corrected chi connectivity index (χ2v) is 6.48. The number of benzene rings is 1. The highest BCUT2D eigenvalue weighted by atomic mass is 16.2. The van der Waals surface area contributed by atoms with Crippen LogP contribution in [0.25, 0.3) is 0 Å². The van der Waals surface area contributed by atoms with Crippen molar-refractivity contribution in [1.82, 2.24) is 9.88 Å². The first-order valence-electron chi connectivity index (χ1n) is 7.81. The number of carbonyl (C=O) groups excluding carboxylic acids is 1. The normalized spacial score (nSPS) is 21.9. The monoisotopic (exact) mass is 294 g/mol. The van der Waals surface area contributed by atoms with E-state index in [1.54, 1.807) is 6.20 Å². The van der Waals surface area contributed by atoms with Gasteiger partial charge in [0.25, 0.3) is 0 Å². The molecule has 114 valence electrons. The van der Waals surface area contributed by atoms with Gasteiger partial charge < -0.3 is 4.90 Å². The first-order chi connectivity index (χ1) is 10.6. The summed E-state index contributed by atoms with van der Waals surface area (Å²) >= 11 is 0. The van der Waals surface area contributed by atoms with Crippen LogP contribution in [0.3, 0.4) is 0 Å². The van der Waals surface area contributed by atoms with Gasteiger partial charge in [0.2, 0.25) is 5.91 Å². The van der Waals surface area contributed by atoms with E-state index < -0.39 is 0 Å². The molecule has 22 heavy (non-hydrogen) atoms. The van der Waals surface area contributed by atoms with Crippen LogP contribution in [-0.2, 0) is 16.8 Å². The van der Waals surface area contributed by atoms with Crippen molar-refractivity contribution in [3.63, 3.8) is 0 Å². The minimum absolute atomic E-state index is 0.0378. The zero-order chi connectivity index (χ0) is 15.6. The molecule has 3 rings (SSSR count). The van der Waals surface area contributed by atoms with Gasteiger partial charge in [-0.2, -0.15) is 0 Å². The predicted molar refractivity (Wildman–Crippen MR) is 87.4 cm³/mol. The third-order valence-corrected chi connectivity index (χ3v) is 4.75. The first kappa shape index (κ1) is 14.8. The van der Waals surface area contributed by atoms with E-state index in [9.17, 15) is 4.79 Å². The van der Waals surface area contributed by atoms with Crippen LogP contribution in [-0.4, -0.2) is 22.3 Å². The number of rotatable bonds is 3. The molecule has 1 aromatic carbocycles. The zero-order valence-electron chi connectivity index (χ0n) is 13.2. The number of aryl methyl sites for hydroxylation is 1. The summed E-state index contributed by atoms with van der Waals surface area (Å²) in [5.74, 6) is 0.254. The van der Waals surface area contributed by atoms with Crippen molar-refractivity contribution in [3.05, 3.63) is 65.5 Å². The largest absolute Gasteiger partial charge is 0.337 e. The molecule has 0 saturated carbocycles. The quantitative estimate of drug-likeness (QED) is 0.868. The molecule has 1 aromatic heterocycles. The Hall–Kier alpha value is -2.16. The molecular formula is C19H22N2O. The van der Waals surface area contributed by atoms with Gasteiger partial charge in [0.05, 0.1) is 0 Å². The standard InChI is InChI=1S/C19H22N2O/c1-15-12-20-11-9-16(15)13-21-14-19(2,10-8-18(21)22)17-6-4-3-5-7-17/h3-7,9,11-12H,8,10,13-14H2,1-2H3/t19-/m0/s1. The fourth-order valence-corrected chi connectivity index (χ4v) is 3.23. The average molecular weight is 294 g/mol. The van der Waals surface area contributed by atoms with Gasteiger partial charge in [-0.3, -0.25) is 9.78 Å². The highest BCUT2D eigenvalue weighted by Gasteiger charge is 2.36. The Kier molecular flexibility index (Phi) is 3.97. The molecule has 2 aromatic rings. The van der Waals surface area contributed by atoms with Crippen molar-refractivity contribution in [2.75, 3.05) is 6.54 Å². The lowest BCUT2D eigenvalue weighted by Gasteiger charge is -2.41. The fraction of sp³-hybridized carbons (Fsp3) is 0.368. The number of pyridine rings is 1. The van der Waals surface area contributed by atoms with Crippen molar-refractivity contribution in [2.45, 2.75) is 38.6 Å². The van der Waals surface area contributed by atoms with Gasteiger partial charge in [-0.25, -0.2) is 0 Å². The van der Waals surface area contributed by atoms with Gasteiger partial charge in [0, 0.05) is 37.3 Å². The van der Waals surface area contributed by atoms with Crippen LogP contribution in [0.5, 0.6) is 0 Å². The molecule has 1 fully saturated rings. The molecule has 1 aliphatic heterocycles. The minimum atomic E-state index is 0.0378. The van der Waals surface area contributed by atoms with Crippen LogP contribution in [0.1, 0.15) is 36.5 Å². The van der Waals surface area contributed by atoms with Crippen LogP contribution >= 0.6 is 0 Å². The van der Waals surface area contributed by atoms with E-state index in [-0.39, 0.29) is 11.3 Å². The van der Waals surface area contributed by atoms with E-state index in [2.05, 4.69) is 36.2 Å². The Labute approximate surface area is 132 Å². The Bertz CT molecular complexity index is 668. The molecule has 1 saturated heterocycles. The third-order valence-electron chi connectivity index (χ3n) is 4.75. The Morgan fingerprint density at radius 3 is 2.73 bits per heavy atom. The summed E-state index contributed by atoms with van der Waals surface area (Å²) in [4.78, 5) is 18.5. The van der Waals surface area contributed by atoms with Crippen molar-refractivity contribution in [1.29, 1.82) is 0 Å². The van der Waals surface area contributed by atoms with Gasteiger partial charge in [-0.15, -0.1) is 0 Å². The highest BCUT2D eigenvalue weighted by molar-refractivity contribution is 5.77. The van der Waals surface area contributed by atoms with Crippen LogP contribution < -0.4 is 0 Å². The van der Waals surface area contributed by atoms with E-state index in [0.717, 1.165) is 18.5 Å². The fourth-order valence-electron chi connectivity index (χ4n) is 3.23. The zero-order valence-corrected chi connectivity index (χ0v) is 13.2. The summed E-state index contributed by atoms with van der Waals surface area (Å²) in [6.07, 6.45) is 5.20. The van der Waals surface area contributed by atoms with Crippen molar-refractivity contribution in [3.8, 4) is 0 Å². The van der Waals surface area contributed by atoms with Crippen LogP contribution in [0.2, 0.25) is 0 Å². The summed E-state index contributed by atoms with van der Waals surface area (Å²) in [5.41, 5.74) is 3.68. The van der Waals surface area contributed by atoms with Crippen molar-refractivity contribution < 1.29 is 4.79 Å². The smallest absolute Gasteiger partial charge is 0.222 e. The molecule has 3 heteroatoms. The second kappa shape index (κ2) is 5.91. The van der Waals surface area contributed by atoms with E-state index in [1.165, 1.54) is 11.1 Å². The molecule has 1 atom stereocenters. The molecule has 0 spiro atoms.